The summed E-state index contributed by atoms with van der Waals surface area (Å²) in [6.45, 7) is 7.81. The molecule has 0 amide bonds. The van der Waals surface area contributed by atoms with Crippen LogP contribution >= 0.6 is 35.0 Å². The fraction of sp³-hybridized carbons (Fsp3) is 0.333. The van der Waals surface area contributed by atoms with E-state index in [4.69, 9.17) is 27.9 Å². The first-order chi connectivity index (χ1) is 10.9. The maximum atomic E-state index is 12.6. The molecule has 0 unspecified atom stereocenters. The van der Waals surface area contributed by atoms with Crippen LogP contribution in [0.15, 0.2) is 34.7 Å². The third-order valence-electron chi connectivity index (χ3n) is 2.91. The third kappa shape index (κ3) is 3.76. The van der Waals surface area contributed by atoms with Gasteiger partial charge < -0.3 is 4.74 Å². The zero-order chi connectivity index (χ0) is 17.1. The van der Waals surface area contributed by atoms with Crippen LogP contribution in [0.2, 0.25) is 10.0 Å². The Bertz CT molecular complexity index is 784. The number of allylic oxidation sites excluding steroid dienone is 1. The fourth-order valence-corrected chi connectivity index (χ4v) is 3.04. The van der Waals surface area contributed by atoms with E-state index in [0.29, 0.717) is 33.2 Å². The standard InChI is InChI=1S/C15H17Cl2N3O2S/c1-5-6-19-14(23-4)18-20(15(19)21)12-8-13(22-9(2)3)11(17)7-10(12)16/h5,7-9H,1,6H2,2-4H3. The van der Waals surface area contributed by atoms with Crippen LogP contribution in [0, 0.1) is 0 Å². The minimum Gasteiger partial charge on any atom is -0.489 e. The monoisotopic (exact) mass is 373 g/mol. The summed E-state index contributed by atoms with van der Waals surface area (Å²) in [5.41, 5.74) is 0.129. The molecule has 0 aliphatic carbocycles. The zero-order valence-corrected chi connectivity index (χ0v) is 15.4. The molecule has 0 saturated heterocycles. The molecule has 0 radical (unpaired) electrons. The number of thioether (sulfide) groups is 1. The maximum Gasteiger partial charge on any atom is 0.351 e. The Morgan fingerprint density at radius 2 is 2.09 bits per heavy atom. The molecule has 1 heterocycles. The molecule has 2 aromatic rings. The molecule has 8 heteroatoms. The average molecular weight is 374 g/mol. The van der Waals surface area contributed by atoms with E-state index in [-0.39, 0.29) is 11.8 Å². The summed E-state index contributed by atoms with van der Waals surface area (Å²) in [5, 5.41) is 5.61. The highest BCUT2D eigenvalue weighted by Gasteiger charge is 2.18. The summed E-state index contributed by atoms with van der Waals surface area (Å²) in [6, 6.07) is 3.18. The first-order valence-electron chi connectivity index (χ1n) is 6.89. The van der Waals surface area contributed by atoms with E-state index in [2.05, 4.69) is 11.7 Å². The first kappa shape index (κ1) is 18.0. The second-order valence-electron chi connectivity index (χ2n) is 4.98. The maximum absolute atomic E-state index is 12.6. The molecule has 0 bridgehead atoms. The Labute approximate surface area is 148 Å². The molecule has 1 aromatic heterocycles. The summed E-state index contributed by atoms with van der Waals surface area (Å²) in [4.78, 5) is 12.6. The Balaban J connectivity index is 2.62. The summed E-state index contributed by atoms with van der Waals surface area (Å²) in [7, 11) is 0. The second kappa shape index (κ2) is 7.47. The number of aromatic nitrogens is 3. The minimum absolute atomic E-state index is 0.0571. The molecule has 0 saturated carbocycles. The quantitative estimate of drug-likeness (QED) is 0.566. The van der Waals surface area contributed by atoms with E-state index in [9.17, 15) is 4.79 Å². The zero-order valence-electron chi connectivity index (χ0n) is 13.0. The smallest absolute Gasteiger partial charge is 0.351 e. The van der Waals surface area contributed by atoms with Crippen molar-refractivity contribution in [2.45, 2.75) is 31.7 Å². The van der Waals surface area contributed by atoms with Crippen LogP contribution in [0.5, 0.6) is 5.75 Å². The highest BCUT2D eigenvalue weighted by atomic mass is 35.5. The van der Waals surface area contributed by atoms with Crippen molar-refractivity contribution in [2.75, 3.05) is 6.26 Å². The van der Waals surface area contributed by atoms with Crippen molar-refractivity contribution >= 4 is 35.0 Å². The lowest BCUT2D eigenvalue weighted by Gasteiger charge is -2.13. The Hall–Kier alpha value is -1.37. The van der Waals surface area contributed by atoms with Crippen LogP contribution in [0.3, 0.4) is 0 Å². The molecular formula is C15H17Cl2N3O2S. The number of halogens is 2. The van der Waals surface area contributed by atoms with E-state index in [1.807, 2.05) is 20.1 Å². The Kier molecular flexibility index (Phi) is 5.84. The minimum atomic E-state index is -0.297. The molecule has 0 fully saturated rings. The van der Waals surface area contributed by atoms with Gasteiger partial charge in [0, 0.05) is 12.6 Å². The van der Waals surface area contributed by atoms with Crippen molar-refractivity contribution in [2.24, 2.45) is 0 Å². The van der Waals surface area contributed by atoms with Gasteiger partial charge in [-0.2, -0.15) is 4.68 Å². The lowest BCUT2D eigenvalue weighted by atomic mass is 10.3. The van der Waals surface area contributed by atoms with E-state index >= 15 is 0 Å². The van der Waals surface area contributed by atoms with Gasteiger partial charge in [0.25, 0.3) is 0 Å². The fourth-order valence-electron chi connectivity index (χ4n) is 2.00. The van der Waals surface area contributed by atoms with Crippen molar-refractivity contribution in [3.63, 3.8) is 0 Å². The van der Waals surface area contributed by atoms with Gasteiger partial charge in [-0.25, -0.2) is 4.79 Å². The van der Waals surface area contributed by atoms with Crippen molar-refractivity contribution < 1.29 is 4.74 Å². The molecule has 23 heavy (non-hydrogen) atoms. The largest absolute Gasteiger partial charge is 0.489 e. The average Bonchev–Trinajstić information content (AvgIpc) is 2.79. The Morgan fingerprint density at radius 3 is 2.65 bits per heavy atom. The number of nitrogens with zero attached hydrogens (tertiary/aromatic N) is 3. The van der Waals surface area contributed by atoms with Crippen LogP contribution in [0.4, 0.5) is 0 Å². The lowest BCUT2D eigenvalue weighted by Crippen LogP contribution is -2.24. The van der Waals surface area contributed by atoms with E-state index in [1.165, 1.54) is 21.0 Å². The molecule has 5 nitrogen and oxygen atoms in total. The van der Waals surface area contributed by atoms with Gasteiger partial charge >= 0.3 is 5.69 Å². The lowest BCUT2D eigenvalue weighted by molar-refractivity contribution is 0.242. The molecular weight excluding hydrogens is 357 g/mol. The predicted octanol–water partition coefficient (Wildman–Crippen LogP) is 4.04. The molecule has 0 atom stereocenters. The van der Waals surface area contributed by atoms with Crippen molar-refractivity contribution in [1.29, 1.82) is 0 Å². The molecule has 0 aliphatic heterocycles. The highest BCUT2D eigenvalue weighted by molar-refractivity contribution is 7.98. The summed E-state index contributed by atoms with van der Waals surface area (Å²) < 4.78 is 8.42. The SMILES string of the molecule is C=CCn1c(SC)nn(-c2cc(OC(C)C)c(Cl)cc2Cl)c1=O. The van der Waals surface area contributed by atoms with Crippen molar-refractivity contribution in [1.82, 2.24) is 14.3 Å². The molecule has 0 aliphatic rings. The van der Waals surface area contributed by atoms with Gasteiger partial charge in [0.1, 0.15) is 5.75 Å². The molecule has 124 valence electrons. The normalized spacial score (nSPS) is 11.0. The van der Waals surface area contributed by atoms with E-state index in [1.54, 1.807) is 18.2 Å². The van der Waals surface area contributed by atoms with E-state index < -0.39 is 0 Å². The van der Waals surface area contributed by atoms with Gasteiger partial charge in [-0.3, -0.25) is 4.57 Å². The summed E-state index contributed by atoms with van der Waals surface area (Å²) in [6.07, 6.45) is 3.44. The van der Waals surface area contributed by atoms with Crippen molar-refractivity contribution in [3.05, 3.63) is 45.3 Å². The van der Waals surface area contributed by atoms with Gasteiger partial charge in [0.2, 0.25) is 0 Å². The number of rotatable bonds is 6. The predicted molar refractivity (Wildman–Crippen MR) is 95.6 cm³/mol. The number of hydrogen-bond donors (Lipinski definition) is 0. The summed E-state index contributed by atoms with van der Waals surface area (Å²) in [5.74, 6) is 0.455. The number of ether oxygens (including phenoxy) is 1. The van der Waals surface area contributed by atoms with Crippen LogP contribution in [0.1, 0.15) is 13.8 Å². The molecule has 0 N–H and O–H groups in total. The first-order valence-corrected chi connectivity index (χ1v) is 8.88. The summed E-state index contributed by atoms with van der Waals surface area (Å²) >= 11 is 13.8. The second-order valence-corrected chi connectivity index (χ2v) is 6.57. The van der Waals surface area contributed by atoms with Gasteiger partial charge in [-0.15, -0.1) is 11.7 Å². The highest BCUT2D eigenvalue weighted by Crippen LogP contribution is 2.33. The van der Waals surface area contributed by atoms with Crippen LogP contribution < -0.4 is 10.4 Å². The van der Waals surface area contributed by atoms with Crippen LogP contribution in [-0.2, 0) is 6.54 Å². The Morgan fingerprint density at radius 1 is 1.39 bits per heavy atom. The van der Waals surface area contributed by atoms with E-state index in [0.717, 1.165) is 0 Å². The number of benzene rings is 1. The third-order valence-corrected chi connectivity index (χ3v) is 4.18. The molecule has 1 aromatic carbocycles. The van der Waals surface area contributed by atoms with Crippen LogP contribution in [0.25, 0.3) is 5.69 Å². The van der Waals surface area contributed by atoms with Crippen LogP contribution in [-0.4, -0.2) is 26.7 Å². The molecule has 2 rings (SSSR count). The van der Waals surface area contributed by atoms with Crippen molar-refractivity contribution in [3.8, 4) is 11.4 Å². The van der Waals surface area contributed by atoms with Gasteiger partial charge in [0.05, 0.1) is 21.8 Å². The molecule has 0 spiro atoms. The van der Waals surface area contributed by atoms with Gasteiger partial charge in [-0.05, 0) is 26.2 Å². The number of hydrogen-bond acceptors (Lipinski definition) is 4. The van der Waals surface area contributed by atoms with Gasteiger partial charge in [-0.1, -0.05) is 41.0 Å². The van der Waals surface area contributed by atoms with Gasteiger partial charge in [0.15, 0.2) is 5.16 Å². The topological polar surface area (TPSA) is 49.0 Å².